The molecule has 0 radical (unpaired) electrons. The largest absolute Gasteiger partial charge is 3.00 e. The van der Waals surface area contributed by atoms with E-state index in [1.807, 2.05) is 0 Å². The van der Waals surface area contributed by atoms with Crippen LogP contribution < -0.4 is 0 Å². The zero-order chi connectivity index (χ0) is 10.7. The molecule has 13 heavy (non-hydrogen) atoms. The Hall–Kier alpha value is 0.950. The van der Waals surface area contributed by atoms with Gasteiger partial charge in [0.2, 0.25) is 0 Å². The van der Waals surface area contributed by atoms with Gasteiger partial charge in [0.05, 0.1) is 34.1 Å². The van der Waals surface area contributed by atoms with E-state index in [1.165, 1.54) is 0 Å². The van der Waals surface area contributed by atoms with E-state index in [2.05, 4.69) is 0 Å². The Morgan fingerprint density at radius 3 is 0.692 bits per heavy atom. The molecule has 0 spiro atoms. The third kappa shape index (κ3) is 1720. The number of rotatable bonds is 0. The van der Waals surface area contributed by atoms with Gasteiger partial charge in [-0.15, -0.1) is 0 Å². The van der Waals surface area contributed by atoms with E-state index in [9.17, 15) is 0 Å². The predicted molar refractivity (Wildman–Crippen MR) is 34.6 cm³/mol. The Morgan fingerprint density at radius 1 is 0.692 bits per heavy atom. The van der Waals surface area contributed by atoms with Gasteiger partial charge in [0, 0.05) is 0 Å². The molecule has 13 heteroatoms. The maximum absolute atomic E-state index is 8.56. The molecule has 0 heterocycles. The fourth-order valence-electron chi connectivity index (χ4n) is 0. The van der Waals surface area contributed by atoms with Gasteiger partial charge in [-0.1, -0.05) is 0 Å². The zero-order valence-electron chi connectivity index (χ0n) is 5.32. The van der Waals surface area contributed by atoms with Crippen molar-refractivity contribution in [1.29, 1.82) is 0 Å². The van der Waals surface area contributed by atoms with Gasteiger partial charge in [0.1, 0.15) is 0 Å². The van der Waals surface area contributed by atoms with Crippen LogP contribution in [0.1, 0.15) is 0 Å². The molecular weight excluding hydrogens is 437 g/mol. The van der Waals surface area contributed by atoms with Crippen molar-refractivity contribution in [2.45, 2.75) is 0 Å². The Kier molecular flexibility index (Phi) is 34.0. The second-order valence-corrected chi connectivity index (χ2v) is 1.95. The Bertz CT molecular complexity index is 112. The molecular formula is H3AuO9S3. The first kappa shape index (κ1) is 23.6. The first-order valence-electron chi connectivity index (χ1n) is 1.55. The number of hydrogen-bond donors (Lipinski definition) is 3. The molecule has 0 aliphatic rings. The van der Waals surface area contributed by atoms with Crippen LogP contribution in [-0.2, 0) is 56.5 Å². The molecule has 0 aromatic heterocycles. The summed E-state index contributed by atoms with van der Waals surface area (Å²) in [6.07, 6.45) is 0. The summed E-state index contributed by atoms with van der Waals surface area (Å²) in [7, 11) is 0. The van der Waals surface area contributed by atoms with Crippen molar-refractivity contribution < 1.29 is 62.3 Å². The van der Waals surface area contributed by atoms with Crippen LogP contribution in [0.5, 0.6) is 0 Å². The molecule has 0 amide bonds. The first-order valence-corrected chi connectivity index (χ1v) is 4.64. The minimum atomic E-state index is -2.86. The van der Waals surface area contributed by atoms with Crippen LogP contribution in [0, 0.1) is 0 Å². The maximum atomic E-state index is 8.56. The van der Waals surface area contributed by atoms with E-state index in [4.69, 9.17) is 39.9 Å². The van der Waals surface area contributed by atoms with Gasteiger partial charge in [-0.25, -0.2) is 12.6 Å². The summed E-state index contributed by atoms with van der Waals surface area (Å²) >= 11 is -8.58. The van der Waals surface area contributed by atoms with Crippen molar-refractivity contribution in [3.8, 4) is 0 Å². The van der Waals surface area contributed by atoms with Crippen LogP contribution in [0.4, 0.5) is 0 Å². The van der Waals surface area contributed by atoms with Crippen LogP contribution in [-0.4, -0.2) is 39.9 Å². The first-order chi connectivity index (χ1) is 5.20. The van der Waals surface area contributed by atoms with E-state index in [0.29, 0.717) is 0 Å². The molecule has 0 rings (SSSR count). The Morgan fingerprint density at radius 2 is 0.692 bits per heavy atom. The molecule has 0 aromatic carbocycles. The van der Waals surface area contributed by atoms with Gasteiger partial charge in [0.15, 0.2) is 0 Å². The SMILES string of the molecule is O=S([O-])O.O=S([O-])O.O=S([O-])O.[Au+3]. The van der Waals surface area contributed by atoms with Crippen molar-refractivity contribution in [1.82, 2.24) is 0 Å². The van der Waals surface area contributed by atoms with Crippen molar-refractivity contribution in [3.63, 3.8) is 0 Å². The van der Waals surface area contributed by atoms with Gasteiger partial charge in [-0.05, 0) is 0 Å². The summed E-state index contributed by atoms with van der Waals surface area (Å²) in [5.41, 5.74) is 0. The minimum Gasteiger partial charge on any atom is -0.750 e. The Balaban J connectivity index is -0.0000000450. The molecule has 0 saturated carbocycles. The molecule has 0 bridgehead atoms. The molecule has 9 nitrogen and oxygen atoms in total. The second kappa shape index (κ2) is 18.7. The molecule has 86 valence electrons. The fraction of sp³-hybridized carbons (Fsp3) is 0. The topological polar surface area (TPSA) is 181 Å². The normalized spacial score (nSPS) is 14.3. The summed E-state index contributed by atoms with van der Waals surface area (Å²) in [6, 6.07) is 0. The smallest absolute Gasteiger partial charge is 0.750 e. The third-order valence-corrected chi connectivity index (χ3v) is 0. The van der Waals surface area contributed by atoms with Crippen LogP contribution in [0.3, 0.4) is 0 Å². The van der Waals surface area contributed by atoms with Gasteiger partial charge < -0.3 is 27.3 Å². The monoisotopic (exact) mass is 440 g/mol. The summed E-state index contributed by atoms with van der Waals surface area (Å²) < 4.78 is 72.2. The van der Waals surface area contributed by atoms with Crippen molar-refractivity contribution in [3.05, 3.63) is 0 Å². The molecule has 0 aliphatic carbocycles. The van der Waals surface area contributed by atoms with Gasteiger partial charge >= 0.3 is 22.4 Å². The van der Waals surface area contributed by atoms with Gasteiger partial charge in [-0.3, -0.25) is 0 Å². The van der Waals surface area contributed by atoms with Crippen LogP contribution in [0.2, 0.25) is 0 Å². The van der Waals surface area contributed by atoms with Gasteiger partial charge in [0.25, 0.3) is 0 Å². The zero-order valence-corrected chi connectivity index (χ0v) is 9.93. The molecule has 0 fully saturated rings. The summed E-state index contributed by atoms with van der Waals surface area (Å²) in [4.78, 5) is 0. The van der Waals surface area contributed by atoms with Crippen molar-refractivity contribution >= 4 is 34.1 Å². The van der Waals surface area contributed by atoms with Crippen LogP contribution in [0.25, 0.3) is 0 Å². The summed E-state index contributed by atoms with van der Waals surface area (Å²) in [6.45, 7) is 0. The van der Waals surface area contributed by atoms with E-state index >= 15 is 0 Å². The average molecular weight is 440 g/mol. The quantitative estimate of drug-likeness (QED) is 0.284. The summed E-state index contributed by atoms with van der Waals surface area (Å²) in [5.74, 6) is 0. The molecule has 0 saturated heterocycles. The molecule has 0 aromatic rings. The average Bonchev–Trinajstić information content (AvgIpc) is 1.54. The van der Waals surface area contributed by atoms with E-state index in [1.54, 1.807) is 0 Å². The predicted octanol–water partition coefficient (Wildman–Crippen LogP) is -1.99. The molecule has 3 unspecified atom stereocenters. The third-order valence-electron chi connectivity index (χ3n) is 0. The van der Waals surface area contributed by atoms with Crippen molar-refractivity contribution in [2.75, 3.05) is 0 Å². The molecule has 3 atom stereocenters. The minimum absolute atomic E-state index is 0. The Labute approximate surface area is 96.2 Å². The van der Waals surface area contributed by atoms with E-state index in [-0.39, 0.29) is 22.4 Å². The maximum Gasteiger partial charge on any atom is 3.00 e. The molecule has 0 aliphatic heterocycles. The number of hydrogen-bond acceptors (Lipinski definition) is 6. The summed E-state index contributed by atoms with van der Waals surface area (Å²) in [5, 5.41) is 0. The van der Waals surface area contributed by atoms with Crippen LogP contribution >= 0.6 is 0 Å². The van der Waals surface area contributed by atoms with Gasteiger partial charge in [-0.2, -0.15) is 0 Å². The van der Waals surface area contributed by atoms with E-state index in [0.717, 1.165) is 0 Å². The second-order valence-electron chi connectivity index (χ2n) is 0.651. The molecule has 3 N–H and O–H groups in total. The standard InChI is InChI=1S/Au.3H2O3S/c;3*1-4(2)3/h;3*(H2,1,2,3)/q+3;;;/p-3. The van der Waals surface area contributed by atoms with Crippen LogP contribution in [0.15, 0.2) is 0 Å². The van der Waals surface area contributed by atoms with E-state index < -0.39 is 34.1 Å². The van der Waals surface area contributed by atoms with Crippen molar-refractivity contribution in [2.24, 2.45) is 0 Å². The fourth-order valence-corrected chi connectivity index (χ4v) is 0.